The van der Waals surface area contributed by atoms with Gasteiger partial charge in [-0.3, -0.25) is 24.5 Å². The van der Waals surface area contributed by atoms with Crippen molar-refractivity contribution in [3.05, 3.63) is 69.8 Å². The van der Waals surface area contributed by atoms with Gasteiger partial charge in [0.1, 0.15) is 5.78 Å². The zero-order chi connectivity index (χ0) is 18.9. The second-order valence-electron chi connectivity index (χ2n) is 7.22. The third kappa shape index (κ3) is 1.99. The summed E-state index contributed by atoms with van der Waals surface area (Å²) in [6.45, 7) is 0. The van der Waals surface area contributed by atoms with Gasteiger partial charge in [-0.15, -0.1) is 0 Å². The highest BCUT2D eigenvalue weighted by Crippen LogP contribution is 2.57. The van der Waals surface area contributed by atoms with Gasteiger partial charge in [-0.05, 0) is 23.3 Å². The molecule has 7 nitrogen and oxygen atoms in total. The number of nitro groups is 1. The number of imide groups is 1. The predicted octanol–water partition coefficient (Wildman–Crippen LogP) is 2.55. The van der Waals surface area contributed by atoms with Crippen LogP contribution in [0, 0.1) is 22.0 Å². The molecule has 2 fully saturated rings. The van der Waals surface area contributed by atoms with E-state index in [9.17, 15) is 24.5 Å². The number of Topliss-reactive ketones (excluding diaryl/α,β-unsaturated/α-hetero) is 1. The number of nitro benzene ring substituents is 1. The van der Waals surface area contributed by atoms with Crippen LogP contribution in [0.4, 0.5) is 11.4 Å². The molecule has 1 aliphatic heterocycles. The Morgan fingerprint density at radius 3 is 2.19 bits per heavy atom. The van der Waals surface area contributed by atoms with Crippen LogP contribution < -0.4 is 4.90 Å². The second-order valence-corrected chi connectivity index (χ2v) is 7.22. The number of carbonyl (C=O) groups is 3. The Balaban J connectivity index is 1.59. The number of benzene rings is 2. The van der Waals surface area contributed by atoms with Crippen molar-refractivity contribution in [2.45, 2.75) is 18.3 Å². The first-order valence-corrected chi connectivity index (χ1v) is 8.73. The molecule has 134 valence electrons. The van der Waals surface area contributed by atoms with Gasteiger partial charge in [0.25, 0.3) is 5.69 Å². The first-order chi connectivity index (χ1) is 13.0. The Kier molecular flexibility index (Phi) is 3.13. The molecule has 27 heavy (non-hydrogen) atoms. The van der Waals surface area contributed by atoms with Crippen molar-refractivity contribution in [2.75, 3.05) is 4.90 Å². The molecule has 0 radical (unpaired) electrons. The molecular formula is C20H14N2O5. The summed E-state index contributed by atoms with van der Waals surface area (Å²) in [7, 11) is 0. The van der Waals surface area contributed by atoms with Crippen LogP contribution in [0.2, 0.25) is 0 Å². The Morgan fingerprint density at radius 1 is 0.889 bits per heavy atom. The van der Waals surface area contributed by atoms with Gasteiger partial charge in [0, 0.05) is 24.5 Å². The van der Waals surface area contributed by atoms with E-state index in [1.165, 1.54) is 24.3 Å². The summed E-state index contributed by atoms with van der Waals surface area (Å²) in [5.74, 6) is -2.82. The van der Waals surface area contributed by atoms with E-state index in [-0.39, 0.29) is 29.7 Å². The first-order valence-electron chi connectivity index (χ1n) is 8.73. The van der Waals surface area contributed by atoms with Gasteiger partial charge in [0.05, 0.1) is 28.4 Å². The van der Waals surface area contributed by atoms with Gasteiger partial charge in [-0.1, -0.05) is 24.3 Å². The summed E-state index contributed by atoms with van der Waals surface area (Å²) in [5.41, 5.74) is 2.03. The van der Waals surface area contributed by atoms with Crippen LogP contribution in [-0.2, 0) is 14.4 Å². The molecule has 2 aromatic carbocycles. The van der Waals surface area contributed by atoms with Crippen molar-refractivity contribution in [3.8, 4) is 0 Å². The summed E-state index contributed by atoms with van der Waals surface area (Å²) < 4.78 is 0. The Bertz CT molecular complexity index is 1030. The zero-order valence-electron chi connectivity index (χ0n) is 14.1. The smallest absolute Gasteiger partial charge is 0.269 e. The van der Waals surface area contributed by atoms with E-state index in [2.05, 4.69) is 0 Å². The monoisotopic (exact) mass is 362 g/mol. The molecular weight excluding hydrogens is 348 g/mol. The molecule has 0 aromatic heterocycles. The van der Waals surface area contributed by atoms with Gasteiger partial charge in [0.15, 0.2) is 0 Å². The summed E-state index contributed by atoms with van der Waals surface area (Å²) in [5, 5.41) is 10.8. The van der Waals surface area contributed by atoms with Crippen molar-refractivity contribution in [1.82, 2.24) is 0 Å². The number of ketones is 1. The van der Waals surface area contributed by atoms with E-state index < -0.39 is 28.6 Å². The van der Waals surface area contributed by atoms with Gasteiger partial charge < -0.3 is 0 Å². The normalized spacial score (nSPS) is 28.3. The maximum absolute atomic E-state index is 13.1. The minimum atomic E-state index is -0.686. The van der Waals surface area contributed by atoms with Gasteiger partial charge in [0.2, 0.25) is 11.8 Å². The molecule has 1 saturated heterocycles. The van der Waals surface area contributed by atoms with E-state index in [0.717, 1.165) is 16.0 Å². The van der Waals surface area contributed by atoms with Crippen LogP contribution in [0.1, 0.15) is 29.4 Å². The minimum Gasteiger partial charge on any atom is -0.299 e. The number of fused-ring (bicyclic) bond motifs is 1. The van der Waals surface area contributed by atoms with Crippen molar-refractivity contribution < 1.29 is 19.3 Å². The van der Waals surface area contributed by atoms with Crippen molar-refractivity contribution in [2.24, 2.45) is 11.8 Å². The number of hydrogen-bond acceptors (Lipinski definition) is 5. The highest BCUT2D eigenvalue weighted by molar-refractivity contribution is 6.24. The van der Waals surface area contributed by atoms with E-state index in [4.69, 9.17) is 0 Å². The van der Waals surface area contributed by atoms with E-state index in [1.807, 2.05) is 24.3 Å². The fraction of sp³-hybridized carbons (Fsp3) is 0.250. The van der Waals surface area contributed by atoms with Crippen LogP contribution in [0.3, 0.4) is 0 Å². The minimum absolute atomic E-state index is 0.00616. The maximum atomic E-state index is 13.1. The summed E-state index contributed by atoms with van der Waals surface area (Å²) in [4.78, 5) is 50.3. The Morgan fingerprint density at radius 2 is 1.52 bits per heavy atom. The van der Waals surface area contributed by atoms with E-state index in [0.29, 0.717) is 5.69 Å². The Labute approximate surface area is 153 Å². The molecule has 0 unspecified atom stereocenters. The number of carbonyl (C=O) groups excluding carboxylic acids is 3. The second kappa shape index (κ2) is 5.33. The molecule has 4 aliphatic rings. The van der Waals surface area contributed by atoms with Crippen LogP contribution >= 0.6 is 0 Å². The van der Waals surface area contributed by atoms with E-state index in [1.54, 1.807) is 0 Å². The summed E-state index contributed by atoms with van der Waals surface area (Å²) in [6.07, 6.45) is 0.274. The molecule has 6 rings (SSSR count). The number of hydrogen-bond donors (Lipinski definition) is 0. The van der Waals surface area contributed by atoms with Crippen LogP contribution in [0.15, 0.2) is 48.5 Å². The number of anilines is 1. The molecule has 0 spiro atoms. The maximum Gasteiger partial charge on any atom is 0.269 e. The number of non-ortho nitro benzene ring substituents is 1. The molecule has 1 saturated carbocycles. The average molecular weight is 362 g/mol. The summed E-state index contributed by atoms with van der Waals surface area (Å²) in [6, 6.07) is 12.9. The van der Waals surface area contributed by atoms with Crippen LogP contribution in [-0.4, -0.2) is 22.5 Å². The largest absolute Gasteiger partial charge is 0.299 e. The van der Waals surface area contributed by atoms with Gasteiger partial charge >= 0.3 is 0 Å². The summed E-state index contributed by atoms with van der Waals surface area (Å²) >= 11 is 0. The average Bonchev–Trinajstić information content (AvgIpc) is 2.94. The van der Waals surface area contributed by atoms with Crippen LogP contribution in [0.25, 0.3) is 0 Å². The van der Waals surface area contributed by atoms with Crippen LogP contribution in [0.5, 0.6) is 0 Å². The van der Waals surface area contributed by atoms with Gasteiger partial charge in [-0.2, -0.15) is 0 Å². The molecule has 3 aliphatic carbocycles. The molecule has 2 aromatic rings. The van der Waals surface area contributed by atoms with Gasteiger partial charge in [-0.25, -0.2) is 4.90 Å². The molecule has 4 atom stereocenters. The number of nitrogens with zero attached hydrogens (tertiary/aromatic N) is 2. The zero-order valence-corrected chi connectivity index (χ0v) is 14.1. The fourth-order valence-electron chi connectivity index (χ4n) is 4.94. The lowest BCUT2D eigenvalue weighted by molar-refractivity contribution is -0.384. The molecule has 1 heterocycles. The first kappa shape index (κ1) is 15.9. The molecule has 2 amide bonds. The lowest BCUT2D eigenvalue weighted by atomic mass is 9.56. The predicted molar refractivity (Wildman–Crippen MR) is 94.1 cm³/mol. The van der Waals surface area contributed by atoms with E-state index >= 15 is 0 Å². The quantitative estimate of drug-likeness (QED) is 0.465. The number of rotatable bonds is 2. The standard InChI is InChI=1S/C20H14N2O5/c23-15-9-14-12-3-1-2-4-13(12)16(15)18-17(14)19(24)21(20(18)25)10-5-7-11(8-6-10)22(26)27/h1-8,14,16-18H,9H2/t14-,16-,17-,18-/m1/s1. The van der Waals surface area contributed by atoms with Crippen molar-refractivity contribution in [3.63, 3.8) is 0 Å². The highest BCUT2D eigenvalue weighted by atomic mass is 16.6. The fourth-order valence-corrected chi connectivity index (χ4v) is 4.94. The lowest BCUT2D eigenvalue weighted by Crippen LogP contribution is -2.44. The molecule has 2 bridgehead atoms. The van der Waals surface area contributed by atoms with Crippen molar-refractivity contribution >= 4 is 29.0 Å². The Hall–Kier alpha value is -3.35. The molecule has 7 heteroatoms. The third-order valence-corrected chi connectivity index (χ3v) is 6.01. The lowest BCUT2D eigenvalue weighted by Gasteiger charge is -2.43. The van der Waals surface area contributed by atoms with Crippen molar-refractivity contribution in [1.29, 1.82) is 0 Å². The SMILES string of the molecule is O=C1C[C@@H]2c3ccccc3[C@H]1[C@H]1C(=O)N(c3ccc([N+](=O)[O-])cc3)C(=O)[C@@H]12. The topological polar surface area (TPSA) is 97.6 Å². The number of amides is 2. The molecule has 0 N–H and O–H groups in total. The highest BCUT2D eigenvalue weighted by Gasteiger charge is 2.62. The third-order valence-electron chi connectivity index (χ3n) is 6.01.